The van der Waals surface area contributed by atoms with Gasteiger partial charge in [0, 0.05) is 32.3 Å². The Balaban J connectivity index is 1.87. The Kier molecular flexibility index (Phi) is 2.92. The number of hydrogen-bond donors (Lipinski definition) is 0. The van der Waals surface area contributed by atoms with Crippen molar-refractivity contribution in [3.63, 3.8) is 0 Å². The first-order chi connectivity index (χ1) is 10.4. The quantitative estimate of drug-likeness (QED) is 0.799. The number of aromatic nitrogens is 1. The van der Waals surface area contributed by atoms with Gasteiger partial charge in [0.1, 0.15) is 5.82 Å². The molecule has 0 radical (unpaired) electrons. The van der Waals surface area contributed by atoms with E-state index in [-0.39, 0.29) is 0 Å². The lowest BCUT2D eigenvalue weighted by Crippen LogP contribution is -2.46. The van der Waals surface area contributed by atoms with Crippen molar-refractivity contribution in [1.29, 1.82) is 0 Å². The third-order valence-corrected chi connectivity index (χ3v) is 4.60. The van der Waals surface area contributed by atoms with Crippen LogP contribution in [0.25, 0.3) is 0 Å². The maximum atomic E-state index is 4.68. The molecule has 0 aliphatic carbocycles. The zero-order chi connectivity index (χ0) is 14.2. The summed E-state index contributed by atoms with van der Waals surface area (Å²) in [5.41, 5.74) is 4.19. The van der Waals surface area contributed by atoms with Crippen molar-refractivity contribution in [2.45, 2.75) is 12.5 Å². The highest BCUT2D eigenvalue weighted by Crippen LogP contribution is 2.37. The minimum absolute atomic E-state index is 0.365. The van der Waals surface area contributed by atoms with Gasteiger partial charge in [-0.3, -0.25) is 0 Å². The second kappa shape index (κ2) is 4.92. The van der Waals surface area contributed by atoms with Crippen molar-refractivity contribution in [2.75, 3.05) is 24.5 Å². The van der Waals surface area contributed by atoms with Crippen LogP contribution in [-0.4, -0.2) is 29.5 Å². The predicted octanol–water partition coefficient (Wildman–Crippen LogP) is 2.99. The molecule has 0 bridgehead atoms. The van der Waals surface area contributed by atoms with Crippen LogP contribution in [0, 0.1) is 0 Å². The average molecular weight is 277 g/mol. The second-order valence-electron chi connectivity index (χ2n) is 5.75. The van der Waals surface area contributed by atoms with Gasteiger partial charge in [-0.05, 0) is 29.0 Å². The summed E-state index contributed by atoms with van der Waals surface area (Å²) >= 11 is 0. The Morgan fingerprint density at radius 3 is 2.86 bits per heavy atom. The fourth-order valence-corrected chi connectivity index (χ4v) is 3.54. The van der Waals surface area contributed by atoms with Crippen molar-refractivity contribution in [1.82, 2.24) is 9.88 Å². The lowest BCUT2D eigenvalue weighted by molar-refractivity contribution is 0.299. The molecule has 0 amide bonds. The summed E-state index contributed by atoms with van der Waals surface area (Å²) in [6.45, 7) is 6.93. The Morgan fingerprint density at radius 1 is 1.10 bits per heavy atom. The standard InChI is InChI=1S/C18H19N3/c1-2-20-10-11-21-17(13-20)16-8-4-3-6-14(16)12-15-7-5-9-19-18(15)21/h2-9,17H,1,10-13H2. The molecule has 0 spiro atoms. The van der Waals surface area contributed by atoms with Crippen LogP contribution < -0.4 is 4.90 Å². The first-order valence-electron chi connectivity index (χ1n) is 7.52. The molecule has 0 saturated carbocycles. The van der Waals surface area contributed by atoms with E-state index in [0.717, 1.165) is 31.9 Å². The van der Waals surface area contributed by atoms with Crippen molar-refractivity contribution in [3.8, 4) is 0 Å². The number of hydrogen-bond acceptors (Lipinski definition) is 3. The SMILES string of the molecule is C=CN1CCN2c3ncccc3Cc3ccccc3C2C1. The Bertz CT molecular complexity index is 680. The normalized spacial score (nSPS) is 20.1. The van der Waals surface area contributed by atoms with Gasteiger partial charge in [-0.15, -0.1) is 0 Å². The smallest absolute Gasteiger partial charge is 0.132 e. The van der Waals surface area contributed by atoms with Gasteiger partial charge in [-0.1, -0.05) is 36.9 Å². The molecule has 21 heavy (non-hydrogen) atoms. The molecule has 3 nitrogen and oxygen atoms in total. The van der Waals surface area contributed by atoms with Gasteiger partial charge in [-0.25, -0.2) is 4.98 Å². The lowest BCUT2D eigenvalue weighted by atomic mass is 9.96. The van der Waals surface area contributed by atoms with Gasteiger partial charge in [0.15, 0.2) is 0 Å². The van der Waals surface area contributed by atoms with E-state index < -0.39 is 0 Å². The van der Waals surface area contributed by atoms with Crippen LogP contribution in [0.1, 0.15) is 22.7 Å². The highest BCUT2D eigenvalue weighted by molar-refractivity contribution is 5.56. The van der Waals surface area contributed by atoms with E-state index in [2.05, 4.69) is 51.7 Å². The van der Waals surface area contributed by atoms with Crippen LogP contribution >= 0.6 is 0 Å². The van der Waals surface area contributed by atoms with E-state index in [4.69, 9.17) is 0 Å². The number of piperazine rings is 1. The van der Waals surface area contributed by atoms with Crippen LogP contribution in [0.4, 0.5) is 5.82 Å². The molecule has 1 fully saturated rings. The van der Waals surface area contributed by atoms with E-state index in [1.165, 1.54) is 16.7 Å². The first-order valence-corrected chi connectivity index (χ1v) is 7.52. The molecule has 1 aromatic carbocycles. The minimum Gasteiger partial charge on any atom is -0.374 e. The topological polar surface area (TPSA) is 19.4 Å². The second-order valence-corrected chi connectivity index (χ2v) is 5.75. The van der Waals surface area contributed by atoms with Gasteiger partial charge in [0.05, 0.1) is 6.04 Å². The average Bonchev–Trinajstić information content (AvgIpc) is 2.69. The van der Waals surface area contributed by atoms with Gasteiger partial charge in [-0.2, -0.15) is 0 Å². The Hall–Kier alpha value is -2.29. The molecule has 2 aromatic rings. The maximum absolute atomic E-state index is 4.68. The van der Waals surface area contributed by atoms with Crippen molar-refractivity contribution in [2.24, 2.45) is 0 Å². The van der Waals surface area contributed by atoms with Gasteiger partial charge in [0.2, 0.25) is 0 Å². The summed E-state index contributed by atoms with van der Waals surface area (Å²) in [5, 5.41) is 0. The molecule has 4 rings (SSSR count). The van der Waals surface area contributed by atoms with Crippen LogP contribution in [0.5, 0.6) is 0 Å². The molecular formula is C18H19N3. The summed E-state index contributed by atoms with van der Waals surface area (Å²) in [6, 6.07) is 13.4. The Labute approximate surface area is 125 Å². The molecule has 2 aliphatic rings. The van der Waals surface area contributed by atoms with E-state index in [0.29, 0.717) is 6.04 Å². The monoisotopic (exact) mass is 277 g/mol. The minimum atomic E-state index is 0.365. The zero-order valence-corrected chi connectivity index (χ0v) is 12.1. The molecule has 1 aromatic heterocycles. The highest BCUT2D eigenvalue weighted by atomic mass is 15.3. The number of fused-ring (bicyclic) bond motifs is 5. The molecule has 0 N–H and O–H groups in total. The van der Waals surface area contributed by atoms with Crippen LogP contribution in [-0.2, 0) is 6.42 Å². The van der Waals surface area contributed by atoms with Crippen molar-refractivity contribution in [3.05, 3.63) is 72.1 Å². The number of anilines is 1. The third-order valence-electron chi connectivity index (χ3n) is 4.60. The van der Waals surface area contributed by atoms with E-state index in [9.17, 15) is 0 Å². The summed E-state index contributed by atoms with van der Waals surface area (Å²) in [5.74, 6) is 1.16. The maximum Gasteiger partial charge on any atom is 0.132 e. The molecule has 3 heteroatoms. The summed E-state index contributed by atoms with van der Waals surface area (Å²) in [7, 11) is 0. The molecular weight excluding hydrogens is 258 g/mol. The third kappa shape index (κ3) is 2.00. The van der Waals surface area contributed by atoms with Crippen LogP contribution in [0.15, 0.2) is 55.4 Å². The first kappa shape index (κ1) is 12.5. The largest absolute Gasteiger partial charge is 0.374 e. The molecule has 1 atom stereocenters. The summed E-state index contributed by atoms with van der Waals surface area (Å²) < 4.78 is 0. The Morgan fingerprint density at radius 2 is 1.95 bits per heavy atom. The van der Waals surface area contributed by atoms with Crippen molar-refractivity contribution >= 4 is 5.82 Å². The van der Waals surface area contributed by atoms with E-state index in [1.807, 2.05) is 18.5 Å². The zero-order valence-electron chi connectivity index (χ0n) is 12.1. The van der Waals surface area contributed by atoms with Crippen molar-refractivity contribution < 1.29 is 0 Å². The fraction of sp³-hybridized carbons (Fsp3) is 0.278. The number of nitrogens with zero attached hydrogens (tertiary/aromatic N) is 3. The fourth-order valence-electron chi connectivity index (χ4n) is 3.54. The highest BCUT2D eigenvalue weighted by Gasteiger charge is 2.32. The van der Waals surface area contributed by atoms with E-state index >= 15 is 0 Å². The van der Waals surface area contributed by atoms with Crippen LogP contribution in [0.2, 0.25) is 0 Å². The summed E-state index contributed by atoms with van der Waals surface area (Å²) in [6.07, 6.45) is 4.84. The molecule has 2 aliphatic heterocycles. The number of pyridine rings is 1. The molecule has 106 valence electrons. The predicted molar refractivity (Wildman–Crippen MR) is 85.3 cm³/mol. The van der Waals surface area contributed by atoms with Gasteiger partial charge < -0.3 is 9.80 Å². The molecule has 1 unspecified atom stereocenters. The lowest BCUT2D eigenvalue weighted by Gasteiger charge is -2.42. The summed E-state index contributed by atoms with van der Waals surface area (Å²) in [4.78, 5) is 9.46. The van der Waals surface area contributed by atoms with Gasteiger partial charge in [0.25, 0.3) is 0 Å². The number of benzene rings is 1. The molecule has 3 heterocycles. The van der Waals surface area contributed by atoms with Crippen LogP contribution in [0.3, 0.4) is 0 Å². The van der Waals surface area contributed by atoms with Gasteiger partial charge >= 0.3 is 0 Å². The van der Waals surface area contributed by atoms with E-state index in [1.54, 1.807) is 0 Å². The number of rotatable bonds is 1. The molecule has 1 saturated heterocycles.